The van der Waals surface area contributed by atoms with Crippen molar-refractivity contribution in [3.63, 3.8) is 0 Å². The van der Waals surface area contributed by atoms with E-state index in [1.807, 2.05) is 0 Å². The summed E-state index contributed by atoms with van der Waals surface area (Å²) in [5, 5.41) is 3.23. The fourth-order valence-corrected chi connectivity index (χ4v) is 2.58. The molecular weight excluding hydrogens is 255 g/mol. The van der Waals surface area contributed by atoms with Gasteiger partial charge in [-0.25, -0.2) is 13.2 Å². The Morgan fingerprint density at radius 1 is 1.26 bits per heavy atom. The van der Waals surface area contributed by atoms with Crippen LogP contribution < -0.4 is 5.32 Å². The van der Waals surface area contributed by atoms with Crippen molar-refractivity contribution < 1.29 is 17.9 Å². The molecule has 1 aliphatic rings. The highest BCUT2D eigenvalue weighted by atomic mass is 19.2. The van der Waals surface area contributed by atoms with Crippen LogP contribution in [0.15, 0.2) is 12.1 Å². The van der Waals surface area contributed by atoms with Gasteiger partial charge in [-0.15, -0.1) is 0 Å². The highest BCUT2D eigenvalue weighted by Crippen LogP contribution is 2.42. The number of hydrogen-bond donors (Lipinski definition) is 1. The van der Waals surface area contributed by atoms with E-state index < -0.39 is 17.5 Å². The predicted molar refractivity (Wildman–Crippen MR) is 66.1 cm³/mol. The Bertz CT molecular complexity index is 453. The van der Waals surface area contributed by atoms with Crippen LogP contribution in [-0.2, 0) is 11.3 Å². The van der Waals surface area contributed by atoms with E-state index in [4.69, 9.17) is 4.74 Å². The molecule has 1 N–H and O–H groups in total. The molecule has 0 radical (unpaired) electrons. The van der Waals surface area contributed by atoms with Gasteiger partial charge in [-0.3, -0.25) is 0 Å². The predicted octanol–water partition coefficient (Wildman–Crippen LogP) is 3.01. The molecule has 2 nitrogen and oxygen atoms in total. The van der Waals surface area contributed by atoms with Gasteiger partial charge in [-0.05, 0) is 24.1 Å². The van der Waals surface area contributed by atoms with Crippen molar-refractivity contribution in [1.82, 2.24) is 5.32 Å². The Balaban J connectivity index is 1.97. The first-order chi connectivity index (χ1) is 8.86. The Morgan fingerprint density at radius 3 is 2.32 bits per heavy atom. The number of rotatable bonds is 4. The van der Waals surface area contributed by atoms with Gasteiger partial charge in [0.25, 0.3) is 0 Å². The molecule has 0 spiro atoms. The van der Waals surface area contributed by atoms with Gasteiger partial charge >= 0.3 is 0 Å². The van der Waals surface area contributed by atoms with Gasteiger partial charge in [-0.2, -0.15) is 0 Å². The van der Waals surface area contributed by atoms with Crippen LogP contribution in [0, 0.1) is 22.9 Å². The van der Waals surface area contributed by atoms with Crippen LogP contribution in [0.3, 0.4) is 0 Å². The first-order valence-corrected chi connectivity index (χ1v) is 6.26. The van der Waals surface area contributed by atoms with Crippen LogP contribution in [0.5, 0.6) is 0 Å². The third-order valence-electron chi connectivity index (χ3n) is 4.06. The fourth-order valence-electron chi connectivity index (χ4n) is 2.58. The molecule has 0 saturated heterocycles. The first kappa shape index (κ1) is 14.3. The zero-order chi connectivity index (χ0) is 14.2. The molecule has 2 atom stereocenters. The van der Waals surface area contributed by atoms with Gasteiger partial charge in [0.15, 0.2) is 17.5 Å². The number of halogens is 3. The summed E-state index contributed by atoms with van der Waals surface area (Å²) in [5.41, 5.74) is 0.374. The van der Waals surface area contributed by atoms with E-state index >= 15 is 0 Å². The molecule has 19 heavy (non-hydrogen) atoms. The molecule has 2 unspecified atom stereocenters. The minimum atomic E-state index is -1.42. The van der Waals surface area contributed by atoms with Gasteiger partial charge in [-0.1, -0.05) is 13.8 Å². The summed E-state index contributed by atoms with van der Waals surface area (Å²) in [7, 11) is 1.67. The molecule has 5 heteroatoms. The van der Waals surface area contributed by atoms with Crippen molar-refractivity contribution in [2.24, 2.45) is 5.41 Å². The van der Waals surface area contributed by atoms with E-state index in [0.29, 0.717) is 12.1 Å². The zero-order valence-electron chi connectivity index (χ0n) is 11.3. The molecule has 0 aromatic heterocycles. The number of benzene rings is 1. The minimum absolute atomic E-state index is 0.0220. The summed E-state index contributed by atoms with van der Waals surface area (Å²) in [6.07, 6.45) is 1.04. The van der Waals surface area contributed by atoms with Gasteiger partial charge in [0.05, 0.1) is 6.10 Å². The molecular formula is C14H18F3NO. The summed E-state index contributed by atoms with van der Waals surface area (Å²) in [4.78, 5) is 0. The SMILES string of the molecule is COC1CC(NCc2cc(F)c(F)c(F)c2)C1(C)C. The standard InChI is InChI=1S/C14H18F3NO/c1-14(2)11(6-12(14)19-3)18-7-8-4-9(15)13(17)10(16)5-8/h4-5,11-12,18H,6-7H2,1-3H3. The van der Waals surface area contributed by atoms with Crippen LogP contribution in [0.1, 0.15) is 25.8 Å². The maximum atomic E-state index is 13.1. The molecule has 1 aromatic carbocycles. The zero-order valence-corrected chi connectivity index (χ0v) is 11.3. The van der Waals surface area contributed by atoms with Crippen molar-refractivity contribution in [1.29, 1.82) is 0 Å². The van der Waals surface area contributed by atoms with Crippen LogP contribution in [0.2, 0.25) is 0 Å². The van der Waals surface area contributed by atoms with E-state index in [2.05, 4.69) is 19.2 Å². The van der Waals surface area contributed by atoms with E-state index in [0.717, 1.165) is 18.6 Å². The van der Waals surface area contributed by atoms with E-state index in [1.165, 1.54) is 0 Å². The molecule has 106 valence electrons. The summed E-state index contributed by atoms with van der Waals surface area (Å²) in [5.74, 6) is -3.73. The molecule has 1 saturated carbocycles. The summed E-state index contributed by atoms with van der Waals surface area (Å²) in [6, 6.07) is 2.25. The summed E-state index contributed by atoms with van der Waals surface area (Å²) >= 11 is 0. The Labute approximate surface area is 111 Å². The van der Waals surface area contributed by atoms with Crippen molar-refractivity contribution in [3.8, 4) is 0 Å². The number of ether oxygens (including phenoxy) is 1. The van der Waals surface area contributed by atoms with Crippen LogP contribution >= 0.6 is 0 Å². The lowest BCUT2D eigenvalue weighted by atomic mass is 9.64. The van der Waals surface area contributed by atoms with Gasteiger partial charge in [0, 0.05) is 25.1 Å². The van der Waals surface area contributed by atoms with Gasteiger partial charge < -0.3 is 10.1 Å². The van der Waals surface area contributed by atoms with E-state index in [1.54, 1.807) is 7.11 Å². The maximum Gasteiger partial charge on any atom is 0.194 e. The number of hydrogen-bond acceptors (Lipinski definition) is 2. The average molecular weight is 273 g/mol. The molecule has 0 aliphatic heterocycles. The normalized spacial score (nSPS) is 25.2. The first-order valence-electron chi connectivity index (χ1n) is 6.26. The highest BCUT2D eigenvalue weighted by molar-refractivity contribution is 5.19. The Hall–Kier alpha value is -1.07. The van der Waals surface area contributed by atoms with Crippen LogP contribution in [-0.4, -0.2) is 19.3 Å². The smallest absolute Gasteiger partial charge is 0.194 e. The van der Waals surface area contributed by atoms with E-state index in [9.17, 15) is 13.2 Å². The molecule has 0 heterocycles. The summed E-state index contributed by atoms with van der Waals surface area (Å²) in [6.45, 7) is 4.46. The molecule has 2 rings (SSSR count). The topological polar surface area (TPSA) is 21.3 Å². The van der Waals surface area contributed by atoms with Crippen molar-refractivity contribution in [2.75, 3.05) is 7.11 Å². The lowest BCUT2D eigenvalue weighted by Crippen LogP contribution is -2.60. The lowest BCUT2D eigenvalue weighted by molar-refractivity contribution is -0.0979. The van der Waals surface area contributed by atoms with Crippen LogP contribution in [0.25, 0.3) is 0 Å². The average Bonchev–Trinajstić information content (AvgIpc) is 2.34. The highest BCUT2D eigenvalue weighted by Gasteiger charge is 2.48. The quantitative estimate of drug-likeness (QED) is 0.851. The van der Waals surface area contributed by atoms with E-state index in [-0.39, 0.29) is 17.6 Å². The minimum Gasteiger partial charge on any atom is -0.381 e. The monoisotopic (exact) mass is 273 g/mol. The molecule has 0 bridgehead atoms. The van der Waals surface area contributed by atoms with Gasteiger partial charge in [0.1, 0.15) is 0 Å². The van der Waals surface area contributed by atoms with Gasteiger partial charge in [0.2, 0.25) is 0 Å². The fraction of sp³-hybridized carbons (Fsp3) is 0.571. The molecule has 1 aliphatic carbocycles. The lowest BCUT2D eigenvalue weighted by Gasteiger charge is -2.51. The van der Waals surface area contributed by atoms with Crippen molar-refractivity contribution >= 4 is 0 Å². The molecule has 1 fully saturated rings. The molecule has 1 aromatic rings. The third kappa shape index (κ3) is 2.62. The number of nitrogens with one attached hydrogen (secondary N) is 1. The third-order valence-corrected chi connectivity index (χ3v) is 4.06. The Morgan fingerprint density at radius 2 is 1.84 bits per heavy atom. The maximum absolute atomic E-state index is 13.1. The largest absolute Gasteiger partial charge is 0.381 e. The van der Waals surface area contributed by atoms with Crippen molar-refractivity contribution in [2.45, 2.75) is 39.0 Å². The second kappa shape index (κ2) is 5.13. The second-order valence-corrected chi connectivity index (χ2v) is 5.59. The molecule has 0 amide bonds. The van der Waals surface area contributed by atoms with Crippen LogP contribution in [0.4, 0.5) is 13.2 Å². The summed E-state index contributed by atoms with van der Waals surface area (Å²) < 4.78 is 44.3. The number of methoxy groups -OCH3 is 1. The Kier molecular flexibility index (Phi) is 3.87. The second-order valence-electron chi connectivity index (χ2n) is 5.59. The van der Waals surface area contributed by atoms with Crippen molar-refractivity contribution in [3.05, 3.63) is 35.1 Å².